The number of nitrogens with one attached hydrogen (secondary N) is 3. The standard InChI is InChI=1S/C16H24N4O12/c17-6(5-21)13(28)18-7(1-2-10(22)23)14(29)19-8(3-11(24)25)15(30)20-9(16(31)32)4-12(26)27/h6-9,21H,1-5,17H2,(H,18,28)(H,19,29)(H,20,30)(H,22,23)(H,24,25)(H,26,27)(H,31,32). The van der Waals surface area contributed by atoms with Crippen LogP contribution in [0.4, 0.5) is 0 Å². The quantitative estimate of drug-likeness (QED) is 0.111. The summed E-state index contributed by atoms with van der Waals surface area (Å²) in [5.41, 5.74) is 5.30. The van der Waals surface area contributed by atoms with Crippen LogP contribution < -0.4 is 21.7 Å². The van der Waals surface area contributed by atoms with Crippen LogP contribution in [0.15, 0.2) is 0 Å². The minimum absolute atomic E-state index is 0.497. The van der Waals surface area contributed by atoms with Crippen LogP contribution in [0.2, 0.25) is 0 Å². The van der Waals surface area contributed by atoms with Crippen LogP contribution in [0.25, 0.3) is 0 Å². The molecule has 0 radical (unpaired) electrons. The Hall–Kier alpha value is -3.79. The Kier molecular flexibility index (Phi) is 11.9. The Bertz CT molecular complexity index is 755. The minimum Gasteiger partial charge on any atom is -0.481 e. The van der Waals surface area contributed by atoms with E-state index in [2.05, 4.69) is 5.32 Å². The van der Waals surface area contributed by atoms with Crippen LogP contribution in [0.1, 0.15) is 25.7 Å². The maximum absolute atomic E-state index is 12.5. The van der Waals surface area contributed by atoms with Gasteiger partial charge in [-0.25, -0.2) is 4.79 Å². The second kappa shape index (κ2) is 13.5. The summed E-state index contributed by atoms with van der Waals surface area (Å²) < 4.78 is 0. The lowest BCUT2D eigenvalue weighted by Crippen LogP contribution is -2.58. The number of aliphatic carboxylic acids is 4. The number of aliphatic hydroxyl groups excluding tert-OH is 1. The molecule has 180 valence electrons. The number of rotatable bonds is 15. The highest BCUT2D eigenvalue weighted by Gasteiger charge is 2.32. The fourth-order valence-corrected chi connectivity index (χ4v) is 2.20. The molecular formula is C16H24N4O12. The van der Waals surface area contributed by atoms with Crippen LogP contribution in [-0.4, -0.2) is 97.9 Å². The third-order valence-corrected chi connectivity index (χ3v) is 3.82. The fraction of sp³-hybridized carbons (Fsp3) is 0.562. The van der Waals surface area contributed by atoms with E-state index in [1.54, 1.807) is 5.32 Å². The van der Waals surface area contributed by atoms with Crippen molar-refractivity contribution in [2.24, 2.45) is 5.73 Å². The van der Waals surface area contributed by atoms with Gasteiger partial charge in [-0.1, -0.05) is 0 Å². The molecular weight excluding hydrogens is 440 g/mol. The van der Waals surface area contributed by atoms with Gasteiger partial charge in [0, 0.05) is 6.42 Å². The highest BCUT2D eigenvalue weighted by Crippen LogP contribution is 2.03. The van der Waals surface area contributed by atoms with E-state index >= 15 is 0 Å². The van der Waals surface area contributed by atoms with Crippen LogP contribution >= 0.6 is 0 Å². The lowest BCUT2D eigenvalue weighted by molar-refractivity contribution is -0.148. The third kappa shape index (κ3) is 10.8. The normalized spacial score (nSPS) is 14.2. The van der Waals surface area contributed by atoms with Crippen molar-refractivity contribution >= 4 is 41.6 Å². The molecule has 16 nitrogen and oxygen atoms in total. The Morgan fingerprint density at radius 1 is 0.656 bits per heavy atom. The van der Waals surface area contributed by atoms with Gasteiger partial charge in [-0.3, -0.25) is 28.8 Å². The maximum Gasteiger partial charge on any atom is 0.326 e. The summed E-state index contributed by atoms with van der Waals surface area (Å²) in [6, 6.07) is -6.89. The zero-order chi connectivity index (χ0) is 25.0. The van der Waals surface area contributed by atoms with Crippen molar-refractivity contribution < 1.29 is 59.1 Å². The molecule has 0 saturated carbocycles. The number of amides is 3. The first kappa shape index (κ1) is 28.2. The van der Waals surface area contributed by atoms with Gasteiger partial charge in [0.05, 0.1) is 19.4 Å². The SMILES string of the molecule is NC(CO)C(=O)NC(CCC(=O)O)C(=O)NC(CC(=O)O)C(=O)NC(CC(=O)O)C(=O)O. The molecule has 0 spiro atoms. The summed E-state index contributed by atoms with van der Waals surface area (Å²) in [4.78, 5) is 80.3. The first-order valence-corrected chi connectivity index (χ1v) is 8.94. The number of carbonyl (C=O) groups is 7. The van der Waals surface area contributed by atoms with E-state index in [0.29, 0.717) is 0 Å². The van der Waals surface area contributed by atoms with E-state index in [4.69, 9.17) is 31.3 Å². The number of carboxylic acid groups (broad SMARTS) is 4. The predicted molar refractivity (Wildman–Crippen MR) is 99.9 cm³/mol. The summed E-state index contributed by atoms with van der Waals surface area (Å²) in [6.07, 6.45) is -3.21. The van der Waals surface area contributed by atoms with Crippen molar-refractivity contribution in [3.63, 3.8) is 0 Å². The molecule has 0 aliphatic carbocycles. The molecule has 0 aromatic rings. The van der Waals surface area contributed by atoms with E-state index in [1.807, 2.05) is 5.32 Å². The summed E-state index contributed by atoms with van der Waals surface area (Å²) in [6.45, 7) is -0.802. The molecule has 16 heteroatoms. The summed E-state index contributed by atoms with van der Waals surface area (Å²) >= 11 is 0. The second-order valence-electron chi connectivity index (χ2n) is 6.44. The van der Waals surface area contributed by atoms with Crippen LogP contribution in [0.3, 0.4) is 0 Å². The topological polar surface area (TPSA) is 283 Å². The Labute approximate surface area is 179 Å². The molecule has 0 aliphatic rings. The molecule has 0 rings (SSSR count). The third-order valence-electron chi connectivity index (χ3n) is 3.82. The van der Waals surface area contributed by atoms with E-state index in [-0.39, 0.29) is 0 Å². The lowest BCUT2D eigenvalue weighted by atomic mass is 10.1. The van der Waals surface area contributed by atoms with Crippen molar-refractivity contribution in [2.45, 2.75) is 49.9 Å². The average molecular weight is 464 g/mol. The Morgan fingerprint density at radius 2 is 1.09 bits per heavy atom. The second-order valence-corrected chi connectivity index (χ2v) is 6.44. The van der Waals surface area contributed by atoms with E-state index < -0.39 is 98.1 Å². The van der Waals surface area contributed by atoms with Crippen LogP contribution in [0, 0.1) is 0 Å². The largest absolute Gasteiger partial charge is 0.481 e. The van der Waals surface area contributed by atoms with Gasteiger partial charge in [0.25, 0.3) is 0 Å². The van der Waals surface area contributed by atoms with Crippen molar-refractivity contribution in [1.29, 1.82) is 0 Å². The zero-order valence-corrected chi connectivity index (χ0v) is 16.5. The van der Waals surface area contributed by atoms with Crippen molar-refractivity contribution in [3.05, 3.63) is 0 Å². The Balaban J connectivity index is 5.55. The molecule has 0 aliphatic heterocycles. The van der Waals surface area contributed by atoms with Gasteiger partial charge < -0.3 is 47.2 Å². The first-order valence-electron chi connectivity index (χ1n) is 8.94. The van der Waals surface area contributed by atoms with Crippen LogP contribution in [0.5, 0.6) is 0 Å². The monoisotopic (exact) mass is 464 g/mol. The maximum atomic E-state index is 12.5. The van der Waals surface area contributed by atoms with Gasteiger partial charge in [0.15, 0.2) is 0 Å². The molecule has 0 fully saturated rings. The predicted octanol–water partition coefficient (Wildman–Crippen LogP) is -4.34. The molecule has 0 heterocycles. The van der Waals surface area contributed by atoms with Gasteiger partial charge in [-0.2, -0.15) is 0 Å². The Morgan fingerprint density at radius 3 is 1.53 bits per heavy atom. The highest BCUT2D eigenvalue weighted by molar-refractivity contribution is 5.96. The molecule has 4 atom stereocenters. The number of hydrogen-bond acceptors (Lipinski definition) is 9. The number of carboxylic acids is 4. The van der Waals surface area contributed by atoms with Gasteiger partial charge in [-0.15, -0.1) is 0 Å². The van der Waals surface area contributed by atoms with Crippen molar-refractivity contribution in [1.82, 2.24) is 16.0 Å². The highest BCUT2D eigenvalue weighted by atomic mass is 16.4. The lowest BCUT2D eigenvalue weighted by Gasteiger charge is -2.24. The summed E-state index contributed by atoms with van der Waals surface area (Å²) in [5.74, 6) is -9.82. The molecule has 0 aromatic carbocycles. The molecule has 4 unspecified atom stereocenters. The fourth-order valence-electron chi connectivity index (χ4n) is 2.20. The van der Waals surface area contributed by atoms with Crippen LogP contribution in [-0.2, 0) is 33.6 Å². The smallest absolute Gasteiger partial charge is 0.326 e. The summed E-state index contributed by atoms with van der Waals surface area (Å²) in [7, 11) is 0. The van der Waals surface area contributed by atoms with E-state index in [1.165, 1.54) is 0 Å². The molecule has 10 N–H and O–H groups in total. The van der Waals surface area contributed by atoms with E-state index in [0.717, 1.165) is 0 Å². The first-order chi connectivity index (χ1) is 14.8. The zero-order valence-electron chi connectivity index (χ0n) is 16.5. The van der Waals surface area contributed by atoms with Gasteiger partial charge in [-0.05, 0) is 6.42 Å². The number of carbonyl (C=O) groups excluding carboxylic acids is 3. The van der Waals surface area contributed by atoms with Gasteiger partial charge in [0.1, 0.15) is 24.2 Å². The molecule has 32 heavy (non-hydrogen) atoms. The summed E-state index contributed by atoms with van der Waals surface area (Å²) in [5, 5.41) is 50.1. The number of aliphatic hydroxyl groups is 1. The molecule has 0 aromatic heterocycles. The van der Waals surface area contributed by atoms with Gasteiger partial charge >= 0.3 is 23.9 Å². The number of hydrogen-bond donors (Lipinski definition) is 9. The van der Waals surface area contributed by atoms with Gasteiger partial charge in [0.2, 0.25) is 17.7 Å². The minimum atomic E-state index is -1.93. The molecule has 3 amide bonds. The number of nitrogens with two attached hydrogens (primary N) is 1. The van der Waals surface area contributed by atoms with E-state index in [9.17, 15) is 33.6 Å². The molecule has 0 bridgehead atoms. The van der Waals surface area contributed by atoms with Crippen molar-refractivity contribution in [3.8, 4) is 0 Å². The average Bonchev–Trinajstić information content (AvgIpc) is 2.67. The van der Waals surface area contributed by atoms with Crippen molar-refractivity contribution in [2.75, 3.05) is 6.61 Å². The molecule has 0 saturated heterocycles.